The van der Waals surface area contributed by atoms with E-state index < -0.39 is 17.7 Å². The van der Waals surface area contributed by atoms with Gasteiger partial charge in [-0.3, -0.25) is 4.79 Å². The molecule has 0 aliphatic carbocycles. The molecular formula is C24H24F3N3O4. The minimum absolute atomic E-state index is 0.00331. The molecule has 0 aliphatic heterocycles. The summed E-state index contributed by atoms with van der Waals surface area (Å²) in [5, 5.41) is 7.17. The van der Waals surface area contributed by atoms with E-state index in [9.17, 15) is 22.8 Å². The van der Waals surface area contributed by atoms with Crippen LogP contribution in [0.15, 0.2) is 42.5 Å². The average molecular weight is 475 g/mol. The zero-order valence-electron chi connectivity index (χ0n) is 19.1. The van der Waals surface area contributed by atoms with E-state index in [2.05, 4.69) is 15.2 Å². The van der Waals surface area contributed by atoms with Crippen LogP contribution in [0.1, 0.15) is 28.1 Å². The van der Waals surface area contributed by atoms with Crippen LogP contribution in [0.4, 0.5) is 18.9 Å². The van der Waals surface area contributed by atoms with Crippen LogP contribution in [0.2, 0.25) is 0 Å². The van der Waals surface area contributed by atoms with Gasteiger partial charge in [-0.15, -0.1) is 0 Å². The molecular weight excluding hydrogens is 451 g/mol. The van der Waals surface area contributed by atoms with Gasteiger partial charge in [-0.05, 0) is 62.7 Å². The number of esters is 1. The number of rotatable bonds is 7. The van der Waals surface area contributed by atoms with E-state index in [1.807, 2.05) is 0 Å². The molecule has 0 saturated carbocycles. The van der Waals surface area contributed by atoms with Gasteiger partial charge < -0.3 is 14.8 Å². The molecule has 0 bridgehead atoms. The molecule has 0 saturated heterocycles. The van der Waals surface area contributed by atoms with Crippen LogP contribution >= 0.6 is 0 Å². The van der Waals surface area contributed by atoms with Gasteiger partial charge in [-0.2, -0.15) is 18.3 Å². The van der Waals surface area contributed by atoms with Gasteiger partial charge in [-0.25, -0.2) is 9.48 Å². The highest BCUT2D eigenvalue weighted by molar-refractivity contribution is 5.93. The lowest BCUT2D eigenvalue weighted by Gasteiger charge is -2.12. The molecule has 34 heavy (non-hydrogen) atoms. The Kier molecular flexibility index (Phi) is 7.29. The fraction of sp³-hybridized carbons (Fsp3) is 0.292. The lowest BCUT2D eigenvalue weighted by atomic mass is 10.1. The molecule has 3 aromatic rings. The Morgan fingerprint density at radius 1 is 1.09 bits per heavy atom. The Labute approximate surface area is 194 Å². The van der Waals surface area contributed by atoms with Crippen LogP contribution < -0.4 is 10.1 Å². The highest BCUT2D eigenvalue weighted by atomic mass is 19.4. The van der Waals surface area contributed by atoms with Crippen LogP contribution in [0.3, 0.4) is 0 Å². The van der Waals surface area contributed by atoms with Gasteiger partial charge in [0.1, 0.15) is 5.75 Å². The predicted octanol–water partition coefficient (Wildman–Crippen LogP) is 4.55. The van der Waals surface area contributed by atoms with E-state index in [0.717, 1.165) is 17.7 Å². The quantitative estimate of drug-likeness (QED) is 0.507. The highest BCUT2D eigenvalue weighted by Crippen LogP contribution is 2.31. The third-order valence-electron chi connectivity index (χ3n) is 5.25. The van der Waals surface area contributed by atoms with E-state index in [4.69, 9.17) is 4.74 Å². The summed E-state index contributed by atoms with van der Waals surface area (Å²) in [5.41, 5.74) is 2.54. The number of alkyl halides is 3. The third kappa shape index (κ3) is 5.75. The number of carbonyl (C=O) groups excluding carboxylic acids is 2. The van der Waals surface area contributed by atoms with Crippen LogP contribution in [0.5, 0.6) is 5.75 Å². The van der Waals surface area contributed by atoms with Gasteiger partial charge in [-0.1, -0.05) is 6.07 Å². The van der Waals surface area contributed by atoms with Gasteiger partial charge in [0.05, 0.1) is 30.5 Å². The number of carbonyl (C=O) groups is 2. The number of hydrogen-bond acceptors (Lipinski definition) is 5. The number of benzene rings is 2. The van der Waals surface area contributed by atoms with Gasteiger partial charge in [0, 0.05) is 16.9 Å². The SMILES string of the molecule is COC(=O)COc1ccc(NC(=O)Cc2c(C)nn(-c3cccc(C(F)(F)F)c3)c2C)c(C)c1. The molecule has 1 heterocycles. The lowest BCUT2D eigenvalue weighted by Crippen LogP contribution is -2.16. The maximum Gasteiger partial charge on any atom is 0.416 e. The predicted molar refractivity (Wildman–Crippen MR) is 119 cm³/mol. The Bertz CT molecular complexity index is 1220. The molecule has 1 aromatic heterocycles. The fourth-order valence-electron chi connectivity index (χ4n) is 3.42. The monoisotopic (exact) mass is 475 g/mol. The van der Waals surface area contributed by atoms with Gasteiger partial charge in [0.15, 0.2) is 6.61 Å². The van der Waals surface area contributed by atoms with Crippen molar-refractivity contribution < 1.29 is 32.2 Å². The van der Waals surface area contributed by atoms with Crippen molar-refractivity contribution in [3.05, 3.63) is 70.5 Å². The average Bonchev–Trinajstić information content (AvgIpc) is 3.06. The number of aryl methyl sites for hydroxylation is 2. The molecule has 0 aliphatic rings. The second kappa shape index (κ2) is 9.98. The summed E-state index contributed by atoms with van der Waals surface area (Å²) in [6.45, 7) is 4.97. The number of ether oxygens (including phenoxy) is 2. The van der Waals surface area contributed by atoms with E-state index in [0.29, 0.717) is 28.4 Å². The molecule has 1 amide bonds. The fourth-order valence-corrected chi connectivity index (χ4v) is 3.42. The van der Waals surface area contributed by atoms with E-state index in [1.165, 1.54) is 23.9 Å². The molecule has 0 fully saturated rings. The van der Waals surface area contributed by atoms with Crippen molar-refractivity contribution in [3.63, 3.8) is 0 Å². The van der Waals surface area contributed by atoms with Crippen molar-refractivity contribution >= 4 is 17.6 Å². The van der Waals surface area contributed by atoms with Gasteiger partial charge >= 0.3 is 12.1 Å². The number of nitrogens with zero attached hydrogens (tertiary/aromatic N) is 2. The summed E-state index contributed by atoms with van der Waals surface area (Å²) in [6.07, 6.45) is -4.47. The molecule has 0 radical (unpaired) electrons. The van der Waals surface area contributed by atoms with Crippen LogP contribution in [-0.2, 0) is 26.9 Å². The first-order valence-corrected chi connectivity index (χ1v) is 10.3. The van der Waals surface area contributed by atoms with Crippen LogP contribution in [0.25, 0.3) is 5.69 Å². The molecule has 1 N–H and O–H groups in total. The number of methoxy groups -OCH3 is 1. The maximum atomic E-state index is 13.1. The van der Waals surface area contributed by atoms with Gasteiger partial charge in [0.2, 0.25) is 5.91 Å². The summed E-state index contributed by atoms with van der Waals surface area (Å²) in [5.74, 6) is -0.359. The topological polar surface area (TPSA) is 82.4 Å². The first-order valence-electron chi connectivity index (χ1n) is 10.3. The Balaban J connectivity index is 1.74. The zero-order chi connectivity index (χ0) is 25.0. The lowest BCUT2D eigenvalue weighted by molar-refractivity contribution is -0.143. The summed E-state index contributed by atoms with van der Waals surface area (Å²) in [6, 6.07) is 9.84. The molecule has 0 atom stereocenters. The first kappa shape index (κ1) is 24.8. The van der Waals surface area contributed by atoms with E-state index >= 15 is 0 Å². The van der Waals surface area contributed by atoms with Gasteiger partial charge in [0.25, 0.3) is 0 Å². The number of halogens is 3. The van der Waals surface area contributed by atoms with Crippen molar-refractivity contribution in [2.75, 3.05) is 19.0 Å². The number of nitrogens with one attached hydrogen (secondary N) is 1. The second-order valence-corrected chi connectivity index (χ2v) is 7.68. The van der Waals surface area contributed by atoms with Crippen LogP contribution in [-0.4, -0.2) is 35.4 Å². The number of amides is 1. The second-order valence-electron chi connectivity index (χ2n) is 7.68. The third-order valence-corrected chi connectivity index (χ3v) is 5.25. The normalized spacial score (nSPS) is 11.3. The van der Waals surface area contributed by atoms with E-state index in [-0.39, 0.29) is 24.6 Å². The van der Waals surface area contributed by atoms with E-state index in [1.54, 1.807) is 39.0 Å². The van der Waals surface area contributed by atoms with Crippen molar-refractivity contribution in [2.24, 2.45) is 0 Å². The molecule has 2 aromatic carbocycles. The van der Waals surface area contributed by atoms with Crippen molar-refractivity contribution in [1.29, 1.82) is 0 Å². The van der Waals surface area contributed by atoms with Crippen molar-refractivity contribution in [1.82, 2.24) is 9.78 Å². The Morgan fingerprint density at radius 2 is 1.82 bits per heavy atom. The molecule has 10 heteroatoms. The molecule has 180 valence electrons. The van der Waals surface area contributed by atoms with Crippen molar-refractivity contribution in [3.8, 4) is 11.4 Å². The summed E-state index contributed by atoms with van der Waals surface area (Å²) >= 11 is 0. The number of anilines is 1. The highest BCUT2D eigenvalue weighted by Gasteiger charge is 2.30. The minimum Gasteiger partial charge on any atom is -0.482 e. The smallest absolute Gasteiger partial charge is 0.416 e. The summed E-state index contributed by atoms with van der Waals surface area (Å²) < 4.78 is 50.5. The molecule has 7 nitrogen and oxygen atoms in total. The summed E-state index contributed by atoms with van der Waals surface area (Å²) in [7, 11) is 1.27. The number of aromatic nitrogens is 2. The number of hydrogen-bond donors (Lipinski definition) is 1. The largest absolute Gasteiger partial charge is 0.482 e. The van der Waals surface area contributed by atoms with Crippen molar-refractivity contribution in [2.45, 2.75) is 33.4 Å². The maximum absolute atomic E-state index is 13.1. The first-order chi connectivity index (χ1) is 16.0. The minimum atomic E-state index is -4.47. The zero-order valence-corrected chi connectivity index (χ0v) is 19.1. The Hall–Kier alpha value is -3.82. The standard InChI is InChI=1S/C24H24F3N3O4/c1-14-10-19(34-13-23(32)33-4)8-9-21(14)28-22(31)12-20-15(2)29-30(16(20)3)18-7-5-6-17(11-18)24(25,26)27/h5-11H,12-13H2,1-4H3,(H,28,31). The molecule has 3 rings (SSSR count). The Morgan fingerprint density at radius 3 is 2.47 bits per heavy atom. The van der Waals surface area contributed by atoms with Crippen LogP contribution in [0, 0.1) is 20.8 Å². The molecule has 0 unspecified atom stereocenters. The molecule has 0 spiro atoms. The summed E-state index contributed by atoms with van der Waals surface area (Å²) in [4.78, 5) is 23.9.